The first kappa shape index (κ1) is 12.5. The maximum atomic E-state index is 13.6. The van der Waals surface area contributed by atoms with Gasteiger partial charge >= 0.3 is 0 Å². The van der Waals surface area contributed by atoms with Gasteiger partial charge in [0.2, 0.25) is 0 Å². The van der Waals surface area contributed by atoms with E-state index in [2.05, 4.69) is 15.9 Å². The van der Waals surface area contributed by atoms with Crippen LogP contribution in [-0.4, -0.2) is 7.11 Å². The number of halogens is 2. The lowest BCUT2D eigenvalue weighted by Crippen LogP contribution is -2.11. The van der Waals surface area contributed by atoms with Gasteiger partial charge in [0, 0.05) is 9.85 Å². The van der Waals surface area contributed by atoms with E-state index in [1.807, 2.05) is 10.8 Å². The molecule has 17 heavy (non-hydrogen) atoms. The second-order valence-electron chi connectivity index (χ2n) is 3.55. The highest BCUT2D eigenvalue weighted by Gasteiger charge is 2.15. The van der Waals surface area contributed by atoms with Crippen LogP contribution < -0.4 is 10.5 Å². The Bertz CT molecular complexity index is 529. The minimum Gasteiger partial charge on any atom is -0.494 e. The monoisotopic (exact) mass is 315 g/mol. The zero-order chi connectivity index (χ0) is 12.4. The fraction of sp³-hybridized carbons (Fsp3) is 0.167. The lowest BCUT2D eigenvalue weighted by atomic mass is 10.0. The molecule has 0 bridgehead atoms. The molecule has 0 aliphatic rings. The molecule has 90 valence electrons. The van der Waals surface area contributed by atoms with E-state index in [1.54, 1.807) is 23.5 Å². The third-order valence-electron chi connectivity index (χ3n) is 2.51. The Hall–Kier alpha value is -0.910. The molecule has 0 aliphatic carbocycles. The topological polar surface area (TPSA) is 35.2 Å². The van der Waals surface area contributed by atoms with Crippen molar-refractivity contribution in [2.45, 2.75) is 6.04 Å². The molecule has 0 spiro atoms. The summed E-state index contributed by atoms with van der Waals surface area (Å²) in [6.45, 7) is 0. The van der Waals surface area contributed by atoms with Crippen molar-refractivity contribution in [1.29, 1.82) is 0 Å². The summed E-state index contributed by atoms with van der Waals surface area (Å²) in [5, 5.41) is 3.91. The van der Waals surface area contributed by atoms with Crippen molar-refractivity contribution in [3.8, 4) is 5.75 Å². The van der Waals surface area contributed by atoms with Gasteiger partial charge in [-0.15, -0.1) is 0 Å². The SMILES string of the molecule is COc1ccc(C(N)c2cscc2Br)cc1F. The molecular weight excluding hydrogens is 305 g/mol. The molecule has 0 amide bonds. The first-order valence-corrected chi connectivity index (χ1v) is 6.67. The molecule has 0 saturated heterocycles. The lowest BCUT2D eigenvalue weighted by molar-refractivity contribution is 0.386. The summed E-state index contributed by atoms with van der Waals surface area (Å²) in [5.41, 5.74) is 7.77. The summed E-state index contributed by atoms with van der Waals surface area (Å²) in [7, 11) is 1.44. The zero-order valence-corrected chi connectivity index (χ0v) is 11.5. The molecule has 2 rings (SSSR count). The molecule has 1 aromatic heterocycles. The van der Waals surface area contributed by atoms with Gasteiger partial charge in [-0.25, -0.2) is 4.39 Å². The number of benzene rings is 1. The molecule has 1 atom stereocenters. The number of nitrogens with two attached hydrogens (primary N) is 1. The Labute approximate surface area is 111 Å². The van der Waals surface area contributed by atoms with Gasteiger partial charge in [0.1, 0.15) is 0 Å². The van der Waals surface area contributed by atoms with E-state index in [1.165, 1.54) is 13.2 Å². The predicted octanol–water partition coefficient (Wildman–Crippen LogP) is 3.71. The summed E-state index contributed by atoms with van der Waals surface area (Å²) >= 11 is 4.98. The van der Waals surface area contributed by atoms with Gasteiger partial charge in [-0.1, -0.05) is 6.07 Å². The van der Waals surface area contributed by atoms with Crippen molar-refractivity contribution in [1.82, 2.24) is 0 Å². The Morgan fingerprint density at radius 3 is 2.71 bits per heavy atom. The van der Waals surface area contributed by atoms with Crippen LogP contribution in [0.4, 0.5) is 4.39 Å². The van der Waals surface area contributed by atoms with Crippen LogP contribution in [0.15, 0.2) is 33.4 Å². The Kier molecular flexibility index (Phi) is 3.81. The summed E-state index contributed by atoms with van der Waals surface area (Å²) in [6.07, 6.45) is 0. The summed E-state index contributed by atoms with van der Waals surface area (Å²) in [5.74, 6) is -0.169. The van der Waals surface area contributed by atoms with Crippen molar-refractivity contribution in [2.75, 3.05) is 7.11 Å². The average molecular weight is 316 g/mol. The molecule has 0 fully saturated rings. The summed E-state index contributed by atoms with van der Waals surface area (Å²) in [6, 6.07) is 4.44. The summed E-state index contributed by atoms with van der Waals surface area (Å²) < 4.78 is 19.4. The highest BCUT2D eigenvalue weighted by atomic mass is 79.9. The van der Waals surface area contributed by atoms with Crippen molar-refractivity contribution in [2.24, 2.45) is 5.73 Å². The molecule has 2 N–H and O–H groups in total. The first-order valence-electron chi connectivity index (χ1n) is 4.94. The standard InChI is InChI=1S/C12H11BrFNOS/c1-16-11-3-2-7(4-10(11)14)12(15)8-5-17-6-9(8)13/h2-6,12H,15H2,1H3. The molecule has 0 saturated carbocycles. The van der Waals surface area contributed by atoms with Crippen molar-refractivity contribution >= 4 is 27.3 Å². The van der Waals surface area contributed by atoms with Crippen molar-refractivity contribution < 1.29 is 9.13 Å². The van der Waals surface area contributed by atoms with E-state index in [0.717, 1.165) is 15.6 Å². The molecule has 5 heteroatoms. The molecule has 1 aromatic carbocycles. The van der Waals surface area contributed by atoms with E-state index in [4.69, 9.17) is 10.5 Å². The Morgan fingerprint density at radius 2 is 2.18 bits per heavy atom. The molecule has 1 unspecified atom stereocenters. The second kappa shape index (κ2) is 5.16. The number of rotatable bonds is 3. The minimum atomic E-state index is -0.396. The molecule has 0 radical (unpaired) electrons. The van der Waals surface area contributed by atoms with Crippen LogP contribution in [0.2, 0.25) is 0 Å². The van der Waals surface area contributed by atoms with Gasteiger partial charge in [-0.05, 0) is 44.6 Å². The van der Waals surface area contributed by atoms with Gasteiger partial charge in [0.05, 0.1) is 13.2 Å². The Morgan fingerprint density at radius 1 is 1.41 bits per heavy atom. The maximum Gasteiger partial charge on any atom is 0.165 e. The highest BCUT2D eigenvalue weighted by Crippen LogP contribution is 2.31. The number of thiophene rings is 1. The molecule has 2 aromatic rings. The van der Waals surface area contributed by atoms with Gasteiger partial charge < -0.3 is 10.5 Å². The fourth-order valence-electron chi connectivity index (χ4n) is 1.57. The van der Waals surface area contributed by atoms with Gasteiger partial charge in [-0.2, -0.15) is 11.3 Å². The van der Waals surface area contributed by atoms with Gasteiger partial charge in [0.15, 0.2) is 11.6 Å². The smallest absolute Gasteiger partial charge is 0.165 e. The third kappa shape index (κ3) is 2.51. The summed E-state index contributed by atoms with van der Waals surface area (Å²) in [4.78, 5) is 0. The quantitative estimate of drug-likeness (QED) is 0.937. The lowest BCUT2D eigenvalue weighted by Gasteiger charge is -2.12. The maximum absolute atomic E-state index is 13.6. The molecular formula is C12H11BrFNOS. The normalized spacial score (nSPS) is 12.5. The molecule has 1 heterocycles. The van der Waals surface area contributed by atoms with Crippen LogP contribution >= 0.6 is 27.3 Å². The second-order valence-corrected chi connectivity index (χ2v) is 5.14. The average Bonchev–Trinajstić information content (AvgIpc) is 2.74. The van der Waals surface area contributed by atoms with Gasteiger partial charge in [-0.3, -0.25) is 0 Å². The van der Waals surface area contributed by atoms with Crippen LogP contribution in [0, 0.1) is 5.82 Å². The number of ether oxygens (including phenoxy) is 1. The first-order chi connectivity index (χ1) is 8.13. The van der Waals surface area contributed by atoms with Gasteiger partial charge in [0.25, 0.3) is 0 Å². The van der Waals surface area contributed by atoms with Crippen molar-refractivity contribution in [3.63, 3.8) is 0 Å². The van der Waals surface area contributed by atoms with Crippen LogP contribution in [0.25, 0.3) is 0 Å². The van der Waals surface area contributed by atoms with Crippen LogP contribution in [-0.2, 0) is 0 Å². The zero-order valence-electron chi connectivity index (χ0n) is 9.11. The van der Waals surface area contributed by atoms with E-state index >= 15 is 0 Å². The van der Waals surface area contributed by atoms with Crippen LogP contribution in [0.1, 0.15) is 17.2 Å². The van der Waals surface area contributed by atoms with E-state index < -0.39 is 5.82 Å². The fourth-order valence-corrected chi connectivity index (χ4v) is 3.15. The van der Waals surface area contributed by atoms with Crippen LogP contribution in [0.5, 0.6) is 5.75 Å². The Balaban J connectivity index is 2.35. The van der Waals surface area contributed by atoms with Crippen molar-refractivity contribution in [3.05, 3.63) is 50.4 Å². The molecule has 2 nitrogen and oxygen atoms in total. The highest BCUT2D eigenvalue weighted by molar-refractivity contribution is 9.10. The van der Waals surface area contributed by atoms with E-state index in [-0.39, 0.29) is 11.8 Å². The minimum absolute atomic E-state index is 0.227. The largest absolute Gasteiger partial charge is 0.494 e. The van der Waals surface area contributed by atoms with Crippen LogP contribution in [0.3, 0.4) is 0 Å². The number of methoxy groups -OCH3 is 1. The third-order valence-corrected chi connectivity index (χ3v) is 4.26. The van der Waals surface area contributed by atoms with E-state index in [0.29, 0.717) is 0 Å². The molecule has 0 aliphatic heterocycles. The predicted molar refractivity (Wildman–Crippen MR) is 71.0 cm³/mol. The number of hydrogen-bond donors (Lipinski definition) is 1. The van der Waals surface area contributed by atoms with E-state index in [9.17, 15) is 4.39 Å². The number of hydrogen-bond acceptors (Lipinski definition) is 3.